The molecule has 0 aliphatic rings. The van der Waals surface area contributed by atoms with E-state index in [9.17, 15) is 17.2 Å². The van der Waals surface area contributed by atoms with Crippen molar-refractivity contribution < 1.29 is 21.8 Å². The van der Waals surface area contributed by atoms with Crippen LogP contribution >= 0.6 is 0 Å². The van der Waals surface area contributed by atoms with Gasteiger partial charge in [0.1, 0.15) is 5.69 Å². The van der Waals surface area contributed by atoms with Crippen LogP contribution in [0.4, 0.5) is 14.5 Å². The molecule has 1 rings (SSSR count). The lowest BCUT2D eigenvalue weighted by Crippen LogP contribution is -2.13. The van der Waals surface area contributed by atoms with E-state index in [0.717, 1.165) is 0 Å². The van der Waals surface area contributed by atoms with Gasteiger partial charge in [0.25, 0.3) is 0 Å². The van der Waals surface area contributed by atoms with E-state index >= 15 is 0 Å². The van der Waals surface area contributed by atoms with E-state index in [1.807, 2.05) is 0 Å². The normalized spacial score (nSPS) is 11.3. The van der Waals surface area contributed by atoms with E-state index in [-0.39, 0.29) is 0 Å². The van der Waals surface area contributed by atoms with Crippen LogP contribution in [0.5, 0.6) is 0 Å². The first kappa shape index (κ1) is 9.74. The third-order valence-corrected chi connectivity index (χ3v) is 1.43. The second kappa shape index (κ2) is 3.18. The average molecular weight is 211 g/mol. The molecule has 0 spiro atoms. The molecule has 0 saturated heterocycles. The van der Waals surface area contributed by atoms with Crippen molar-refractivity contribution in [3.63, 3.8) is 0 Å². The van der Waals surface area contributed by atoms with Crippen LogP contribution < -0.4 is 4.72 Å². The maximum atomic E-state index is 12.6. The molecule has 1 aromatic rings. The lowest BCUT2D eigenvalue weighted by Gasteiger charge is -2.01. The highest BCUT2D eigenvalue weighted by atomic mass is 32.2. The Morgan fingerprint density at radius 1 is 1.46 bits per heavy atom. The molecule has 72 valence electrons. The standard InChI is InChI=1S/C4H3F2N3O3S/c5-3-2(9-13(10,11)12)1-7-4(6)8-3/h1,9H,(H,10,11,12). The molecule has 2 N–H and O–H groups in total. The molecule has 6 nitrogen and oxygen atoms in total. The molecule has 0 saturated carbocycles. The molecule has 0 radical (unpaired) electrons. The molecular weight excluding hydrogens is 208 g/mol. The number of aromatic nitrogens is 2. The SMILES string of the molecule is O=S(=O)(O)Nc1cnc(F)nc1F. The van der Waals surface area contributed by atoms with Crippen molar-refractivity contribution in [2.45, 2.75) is 0 Å². The molecule has 9 heteroatoms. The molecule has 0 aliphatic heterocycles. The number of hydrogen-bond donors (Lipinski definition) is 2. The minimum absolute atomic E-state index is 0.547. The summed E-state index contributed by atoms with van der Waals surface area (Å²) in [7, 11) is -4.60. The van der Waals surface area contributed by atoms with Gasteiger partial charge >= 0.3 is 16.4 Å². The molecule has 1 heterocycles. The Morgan fingerprint density at radius 2 is 2.08 bits per heavy atom. The highest BCUT2D eigenvalue weighted by molar-refractivity contribution is 7.87. The van der Waals surface area contributed by atoms with Crippen molar-refractivity contribution in [1.29, 1.82) is 0 Å². The van der Waals surface area contributed by atoms with Crippen LogP contribution in [0.1, 0.15) is 0 Å². The highest BCUT2D eigenvalue weighted by Gasteiger charge is 2.11. The number of nitrogens with zero attached hydrogens (tertiary/aromatic N) is 2. The number of halogens is 2. The van der Waals surface area contributed by atoms with Crippen molar-refractivity contribution in [1.82, 2.24) is 9.97 Å². The summed E-state index contributed by atoms with van der Waals surface area (Å²) >= 11 is 0. The summed E-state index contributed by atoms with van der Waals surface area (Å²) < 4.78 is 54.5. The second-order valence-electron chi connectivity index (χ2n) is 1.92. The Bertz CT molecular complexity index is 421. The monoisotopic (exact) mass is 211 g/mol. The quantitative estimate of drug-likeness (QED) is 0.407. The summed E-state index contributed by atoms with van der Waals surface area (Å²) in [6.07, 6.45) is -0.788. The first-order chi connectivity index (χ1) is 5.88. The van der Waals surface area contributed by atoms with Gasteiger partial charge < -0.3 is 0 Å². The lowest BCUT2D eigenvalue weighted by molar-refractivity contribution is 0.478. The number of anilines is 1. The average Bonchev–Trinajstić information content (AvgIpc) is 1.93. The smallest absolute Gasteiger partial charge is 0.269 e. The molecule has 0 amide bonds. The van der Waals surface area contributed by atoms with Crippen molar-refractivity contribution in [3.05, 3.63) is 18.2 Å². The van der Waals surface area contributed by atoms with E-state index in [2.05, 4.69) is 9.97 Å². The third kappa shape index (κ3) is 2.87. The fourth-order valence-corrected chi connectivity index (χ4v) is 0.963. The molecule has 0 aromatic carbocycles. The summed E-state index contributed by atoms with van der Waals surface area (Å²) in [5, 5.41) is 0. The van der Waals surface area contributed by atoms with Crippen LogP contribution in [-0.2, 0) is 10.3 Å². The topological polar surface area (TPSA) is 92.2 Å². The first-order valence-corrected chi connectivity index (χ1v) is 4.26. The molecule has 0 unspecified atom stereocenters. The van der Waals surface area contributed by atoms with Crippen molar-refractivity contribution in [3.8, 4) is 0 Å². The Balaban J connectivity index is 3.04. The molecule has 0 fully saturated rings. The van der Waals surface area contributed by atoms with Crippen molar-refractivity contribution in [2.75, 3.05) is 4.72 Å². The fourth-order valence-electron chi connectivity index (χ4n) is 0.549. The zero-order valence-electron chi connectivity index (χ0n) is 5.90. The highest BCUT2D eigenvalue weighted by Crippen LogP contribution is 2.10. The molecule has 13 heavy (non-hydrogen) atoms. The number of rotatable bonds is 2. The van der Waals surface area contributed by atoms with Crippen LogP contribution in [0.3, 0.4) is 0 Å². The third-order valence-electron chi connectivity index (χ3n) is 0.952. The first-order valence-electron chi connectivity index (χ1n) is 2.82. The van der Waals surface area contributed by atoms with E-state index in [1.54, 1.807) is 0 Å². The van der Waals surface area contributed by atoms with Crippen molar-refractivity contribution >= 4 is 16.0 Å². The van der Waals surface area contributed by atoms with Crippen LogP contribution in [0.25, 0.3) is 0 Å². The van der Waals surface area contributed by atoms with Crippen LogP contribution in [0.15, 0.2) is 6.20 Å². The minimum Gasteiger partial charge on any atom is -0.269 e. The molecular formula is C4H3F2N3O3S. The van der Waals surface area contributed by atoms with Crippen LogP contribution in [0.2, 0.25) is 0 Å². The zero-order valence-corrected chi connectivity index (χ0v) is 6.72. The Morgan fingerprint density at radius 3 is 2.54 bits per heavy atom. The Hall–Kier alpha value is -1.35. The predicted molar refractivity (Wildman–Crippen MR) is 37.1 cm³/mol. The Labute approximate surface area is 71.5 Å². The van der Waals surface area contributed by atoms with Crippen LogP contribution in [0, 0.1) is 12.0 Å². The van der Waals surface area contributed by atoms with Gasteiger partial charge in [0.15, 0.2) is 0 Å². The minimum atomic E-state index is -4.60. The van der Waals surface area contributed by atoms with E-state index in [1.165, 1.54) is 4.72 Å². The molecule has 0 aliphatic carbocycles. The van der Waals surface area contributed by atoms with Gasteiger partial charge in [-0.3, -0.25) is 9.27 Å². The van der Waals surface area contributed by atoms with Gasteiger partial charge in [0, 0.05) is 0 Å². The molecule has 0 bridgehead atoms. The molecule has 1 aromatic heterocycles. The largest absolute Gasteiger partial charge is 0.357 e. The van der Waals surface area contributed by atoms with Gasteiger partial charge in [0.2, 0.25) is 5.95 Å². The van der Waals surface area contributed by atoms with E-state index in [0.29, 0.717) is 6.20 Å². The number of hydrogen-bond acceptors (Lipinski definition) is 4. The van der Waals surface area contributed by atoms with Gasteiger partial charge in [-0.2, -0.15) is 22.2 Å². The zero-order chi connectivity index (χ0) is 10.1. The maximum Gasteiger partial charge on any atom is 0.357 e. The van der Waals surface area contributed by atoms with E-state index in [4.69, 9.17) is 4.55 Å². The van der Waals surface area contributed by atoms with Gasteiger partial charge in [0.05, 0.1) is 6.20 Å². The van der Waals surface area contributed by atoms with E-state index < -0.39 is 28.0 Å². The van der Waals surface area contributed by atoms with Gasteiger partial charge in [-0.15, -0.1) is 0 Å². The van der Waals surface area contributed by atoms with Crippen molar-refractivity contribution in [2.24, 2.45) is 0 Å². The van der Waals surface area contributed by atoms with Gasteiger partial charge in [-0.25, -0.2) is 4.98 Å². The molecule has 0 atom stereocenters. The second-order valence-corrected chi connectivity index (χ2v) is 3.07. The fraction of sp³-hybridized carbons (Fsp3) is 0. The van der Waals surface area contributed by atoms with Crippen LogP contribution in [-0.4, -0.2) is 22.9 Å². The summed E-state index contributed by atoms with van der Waals surface area (Å²) in [4.78, 5) is 5.44. The number of nitrogens with one attached hydrogen (secondary N) is 1. The Kier molecular flexibility index (Phi) is 2.38. The maximum absolute atomic E-state index is 12.6. The van der Waals surface area contributed by atoms with Gasteiger partial charge in [-0.1, -0.05) is 0 Å². The summed E-state index contributed by atoms with van der Waals surface area (Å²) in [5.41, 5.74) is -0.732. The van der Waals surface area contributed by atoms with Gasteiger partial charge in [-0.05, 0) is 0 Å². The summed E-state index contributed by atoms with van der Waals surface area (Å²) in [6, 6.07) is 0. The summed E-state index contributed by atoms with van der Waals surface area (Å²) in [5.74, 6) is -1.41. The predicted octanol–water partition coefficient (Wildman–Crippen LogP) is -0.0305. The summed E-state index contributed by atoms with van der Waals surface area (Å²) in [6.45, 7) is 0. The lowest BCUT2D eigenvalue weighted by atomic mass is 10.5.